The van der Waals surface area contributed by atoms with Gasteiger partial charge in [-0.2, -0.15) is 0 Å². The van der Waals surface area contributed by atoms with Crippen LogP contribution in [0.5, 0.6) is 0 Å². The molecule has 0 heterocycles. The minimum Gasteiger partial charge on any atom is -0.370 e. The van der Waals surface area contributed by atoms with Crippen molar-refractivity contribution < 1.29 is 9.53 Å². The van der Waals surface area contributed by atoms with Crippen LogP contribution in [0.15, 0.2) is 24.3 Å². The Labute approximate surface area is 120 Å². The van der Waals surface area contributed by atoms with Crippen LogP contribution in [0.4, 0.5) is 0 Å². The monoisotopic (exact) mass is 280 g/mol. The van der Waals surface area contributed by atoms with E-state index in [1.165, 1.54) is 12.8 Å². The van der Waals surface area contributed by atoms with Gasteiger partial charge in [-0.3, -0.25) is 4.79 Å². The van der Waals surface area contributed by atoms with Gasteiger partial charge in [0, 0.05) is 10.6 Å². The highest BCUT2D eigenvalue weighted by Crippen LogP contribution is 2.36. The summed E-state index contributed by atoms with van der Waals surface area (Å²) in [5.41, 5.74) is 1.06. The number of ketones is 1. The topological polar surface area (TPSA) is 26.3 Å². The van der Waals surface area contributed by atoms with Crippen LogP contribution in [0.25, 0.3) is 0 Å². The third kappa shape index (κ3) is 4.32. The van der Waals surface area contributed by atoms with Gasteiger partial charge in [-0.1, -0.05) is 37.6 Å². The van der Waals surface area contributed by atoms with Gasteiger partial charge in [-0.15, -0.1) is 0 Å². The number of hydrogen-bond acceptors (Lipinski definition) is 2. The molecule has 0 saturated heterocycles. The summed E-state index contributed by atoms with van der Waals surface area (Å²) in [6, 6.07) is 7.03. The molecular weight excluding hydrogens is 260 g/mol. The Morgan fingerprint density at radius 1 is 1.37 bits per heavy atom. The Hall–Kier alpha value is -0.860. The van der Waals surface area contributed by atoms with E-state index in [0.29, 0.717) is 16.0 Å². The van der Waals surface area contributed by atoms with E-state index in [-0.39, 0.29) is 18.5 Å². The van der Waals surface area contributed by atoms with Crippen LogP contribution >= 0.6 is 11.6 Å². The molecule has 104 valence electrons. The Balaban J connectivity index is 1.81. The van der Waals surface area contributed by atoms with E-state index in [2.05, 4.69) is 13.8 Å². The molecule has 1 aliphatic rings. The number of carbonyl (C=O) groups is 1. The number of Topliss-reactive ketones (excluding diaryl/α,β-unsaturated/α-hetero) is 1. The molecule has 1 aliphatic carbocycles. The fraction of sp³-hybridized carbons (Fsp3) is 0.562. The lowest BCUT2D eigenvalue weighted by molar-refractivity contribution is 0.00862. The van der Waals surface area contributed by atoms with Gasteiger partial charge in [0.2, 0.25) is 0 Å². The van der Waals surface area contributed by atoms with E-state index in [1.807, 2.05) is 0 Å². The van der Waals surface area contributed by atoms with Crippen molar-refractivity contribution in [1.82, 2.24) is 0 Å². The highest BCUT2D eigenvalue weighted by molar-refractivity contribution is 6.31. The van der Waals surface area contributed by atoms with Crippen LogP contribution in [0.3, 0.4) is 0 Å². The van der Waals surface area contributed by atoms with Crippen LogP contribution in [0, 0.1) is 5.41 Å². The molecule has 1 fully saturated rings. The van der Waals surface area contributed by atoms with Gasteiger partial charge in [0.15, 0.2) is 5.78 Å². The Kier molecular flexibility index (Phi) is 4.64. The average Bonchev–Trinajstić information content (AvgIpc) is 2.37. The summed E-state index contributed by atoms with van der Waals surface area (Å²) < 4.78 is 5.74. The number of ether oxygens (including phenoxy) is 1. The number of carbonyl (C=O) groups excluding carboxylic acids is 1. The fourth-order valence-electron chi connectivity index (χ4n) is 2.48. The van der Waals surface area contributed by atoms with E-state index in [9.17, 15) is 4.79 Å². The predicted molar refractivity (Wildman–Crippen MR) is 77.8 cm³/mol. The lowest BCUT2D eigenvalue weighted by Crippen LogP contribution is -2.28. The standard InChI is InChI=1S/C16H21ClO2/c1-16(2)8-6-14(7-9-16)19-11-15(18)12-4-3-5-13(17)10-12/h3-5,10,14H,6-9,11H2,1-2H3. The number of hydrogen-bond donors (Lipinski definition) is 0. The van der Waals surface area contributed by atoms with Crippen molar-refractivity contribution in [2.75, 3.05) is 6.61 Å². The Bertz CT molecular complexity index is 444. The molecule has 0 aromatic heterocycles. The molecule has 2 nitrogen and oxygen atoms in total. The number of halogens is 1. The zero-order valence-electron chi connectivity index (χ0n) is 11.6. The minimum atomic E-state index is 0.00679. The normalized spacial score (nSPS) is 19.3. The van der Waals surface area contributed by atoms with Crippen LogP contribution in [-0.4, -0.2) is 18.5 Å². The quantitative estimate of drug-likeness (QED) is 0.759. The molecule has 0 bridgehead atoms. The van der Waals surface area contributed by atoms with E-state index >= 15 is 0 Å². The third-order valence-corrected chi connectivity index (χ3v) is 4.12. The van der Waals surface area contributed by atoms with Crippen molar-refractivity contribution >= 4 is 17.4 Å². The molecule has 0 aliphatic heterocycles. The van der Waals surface area contributed by atoms with Crippen LogP contribution < -0.4 is 0 Å². The molecule has 0 spiro atoms. The summed E-state index contributed by atoms with van der Waals surface area (Å²) in [5, 5.41) is 0.588. The first-order chi connectivity index (χ1) is 8.96. The van der Waals surface area contributed by atoms with Crippen molar-refractivity contribution in [3.8, 4) is 0 Å². The predicted octanol–water partition coefficient (Wildman–Crippen LogP) is 4.51. The maximum Gasteiger partial charge on any atom is 0.188 e. The third-order valence-electron chi connectivity index (χ3n) is 3.88. The molecule has 0 N–H and O–H groups in total. The van der Waals surface area contributed by atoms with Crippen molar-refractivity contribution in [1.29, 1.82) is 0 Å². The highest BCUT2D eigenvalue weighted by atomic mass is 35.5. The summed E-state index contributed by atoms with van der Waals surface area (Å²) >= 11 is 5.88. The minimum absolute atomic E-state index is 0.00679. The number of benzene rings is 1. The Morgan fingerprint density at radius 3 is 2.68 bits per heavy atom. The molecule has 0 atom stereocenters. The van der Waals surface area contributed by atoms with E-state index in [0.717, 1.165) is 12.8 Å². The fourth-order valence-corrected chi connectivity index (χ4v) is 2.67. The van der Waals surface area contributed by atoms with Gasteiger partial charge in [-0.05, 0) is 43.2 Å². The first-order valence-electron chi connectivity index (χ1n) is 6.87. The van der Waals surface area contributed by atoms with Crippen molar-refractivity contribution in [2.24, 2.45) is 5.41 Å². The van der Waals surface area contributed by atoms with Crippen molar-refractivity contribution in [3.05, 3.63) is 34.9 Å². The SMILES string of the molecule is CC1(C)CCC(OCC(=O)c2cccc(Cl)c2)CC1. The maximum atomic E-state index is 12.0. The Morgan fingerprint density at radius 2 is 2.05 bits per heavy atom. The van der Waals surface area contributed by atoms with Gasteiger partial charge < -0.3 is 4.74 Å². The zero-order chi connectivity index (χ0) is 13.9. The second-order valence-corrected chi connectivity index (χ2v) is 6.54. The first kappa shape index (κ1) is 14.5. The molecule has 0 unspecified atom stereocenters. The highest BCUT2D eigenvalue weighted by Gasteiger charge is 2.27. The summed E-state index contributed by atoms with van der Waals surface area (Å²) in [5.74, 6) is 0.00679. The molecule has 0 radical (unpaired) electrons. The van der Waals surface area contributed by atoms with Gasteiger partial charge in [0.25, 0.3) is 0 Å². The van der Waals surface area contributed by atoms with Gasteiger partial charge >= 0.3 is 0 Å². The summed E-state index contributed by atoms with van der Waals surface area (Å²) in [6.07, 6.45) is 4.67. The molecule has 3 heteroatoms. The zero-order valence-corrected chi connectivity index (χ0v) is 12.4. The summed E-state index contributed by atoms with van der Waals surface area (Å²) in [6.45, 7) is 4.74. The van der Waals surface area contributed by atoms with Gasteiger partial charge in [-0.25, -0.2) is 0 Å². The molecule has 2 rings (SSSR count). The smallest absolute Gasteiger partial charge is 0.188 e. The lowest BCUT2D eigenvalue weighted by atomic mass is 9.76. The largest absolute Gasteiger partial charge is 0.370 e. The van der Waals surface area contributed by atoms with Crippen LogP contribution in [0.2, 0.25) is 5.02 Å². The van der Waals surface area contributed by atoms with Gasteiger partial charge in [0.05, 0.1) is 6.10 Å². The first-order valence-corrected chi connectivity index (χ1v) is 7.24. The van der Waals surface area contributed by atoms with Crippen molar-refractivity contribution in [3.63, 3.8) is 0 Å². The molecule has 1 aromatic rings. The maximum absolute atomic E-state index is 12.0. The molecule has 19 heavy (non-hydrogen) atoms. The molecule has 1 saturated carbocycles. The lowest BCUT2D eigenvalue weighted by Gasteiger charge is -2.34. The molecular formula is C16H21ClO2. The molecule has 0 amide bonds. The van der Waals surface area contributed by atoms with E-state index < -0.39 is 0 Å². The summed E-state index contributed by atoms with van der Waals surface area (Å²) in [7, 11) is 0. The second-order valence-electron chi connectivity index (χ2n) is 6.11. The van der Waals surface area contributed by atoms with E-state index in [1.54, 1.807) is 24.3 Å². The van der Waals surface area contributed by atoms with Crippen molar-refractivity contribution in [2.45, 2.75) is 45.6 Å². The van der Waals surface area contributed by atoms with Gasteiger partial charge in [0.1, 0.15) is 6.61 Å². The second kappa shape index (κ2) is 6.06. The van der Waals surface area contributed by atoms with E-state index in [4.69, 9.17) is 16.3 Å². The molecule has 1 aromatic carbocycles. The average molecular weight is 281 g/mol. The van der Waals surface area contributed by atoms with Crippen LogP contribution in [-0.2, 0) is 4.74 Å². The van der Waals surface area contributed by atoms with Crippen LogP contribution in [0.1, 0.15) is 49.9 Å². The number of rotatable bonds is 4. The summed E-state index contributed by atoms with van der Waals surface area (Å²) in [4.78, 5) is 12.0.